The Balaban J connectivity index is 1.40. The van der Waals surface area contributed by atoms with Crippen LogP contribution in [0, 0.1) is 11.8 Å². The Hall–Kier alpha value is -3.43. The van der Waals surface area contributed by atoms with Crippen LogP contribution >= 0.6 is 0 Å². The predicted octanol–water partition coefficient (Wildman–Crippen LogP) is 2.48. The second-order valence-electron chi connectivity index (χ2n) is 9.87. The van der Waals surface area contributed by atoms with E-state index >= 15 is 0 Å². The van der Waals surface area contributed by atoms with Gasteiger partial charge in [-0.15, -0.1) is 0 Å². The van der Waals surface area contributed by atoms with E-state index in [1.54, 1.807) is 12.1 Å². The summed E-state index contributed by atoms with van der Waals surface area (Å²) in [7, 11) is 0. The summed E-state index contributed by atoms with van der Waals surface area (Å²) in [5.41, 5.74) is 1.22. The minimum Gasteiger partial charge on any atom is -0.395 e. The van der Waals surface area contributed by atoms with E-state index < -0.39 is 29.6 Å². The van der Waals surface area contributed by atoms with Crippen molar-refractivity contribution in [2.45, 2.75) is 44.4 Å². The number of aliphatic hydroxyl groups is 1. The van der Waals surface area contributed by atoms with Gasteiger partial charge in [0, 0.05) is 36.7 Å². The number of ether oxygens (including phenoxy) is 1. The van der Waals surface area contributed by atoms with Gasteiger partial charge in [0.15, 0.2) is 0 Å². The molecule has 3 aliphatic heterocycles. The molecular formula is C28H34N4O5. The van der Waals surface area contributed by atoms with Gasteiger partial charge in [-0.1, -0.05) is 18.2 Å². The number of amides is 3. The van der Waals surface area contributed by atoms with Crippen molar-refractivity contribution in [2.75, 3.05) is 41.8 Å². The zero-order chi connectivity index (χ0) is 26.2. The van der Waals surface area contributed by atoms with Crippen LogP contribution in [-0.2, 0) is 19.1 Å². The van der Waals surface area contributed by atoms with Crippen LogP contribution in [0.1, 0.15) is 26.7 Å². The van der Waals surface area contributed by atoms with Crippen LogP contribution < -0.4 is 15.5 Å². The molecule has 9 heteroatoms. The highest BCUT2D eigenvalue weighted by atomic mass is 16.5. The van der Waals surface area contributed by atoms with E-state index in [1.165, 1.54) is 4.90 Å². The monoisotopic (exact) mass is 506 g/mol. The number of fused-ring (bicyclic) bond motifs is 1. The molecular weight excluding hydrogens is 472 g/mol. The molecule has 5 atom stereocenters. The maximum Gasteiger partial charge on any atom is 0.250 e. The number of aliphatic hydroxyl groups excluding tert-OH is 1. The van der Waals surface area contributed by atoms with E-state index in [2.05, 4.69) is 29.4 Å². The first kappa shape index (κ1) is 25.2. The Morgan fingerprint density at radius 1 is 1.03 bits per heavy atom. The lowest BCUT2D eigenvalue weighted by Crippen LogP contribution is -2.53. The molecule has 0 saturated carbocycles. The molecule has 3 heterocycles. The number of nitrogens with one attached hydrogen (secondary N) is 2. The fourth-order valence-corrected chi connectivity index (χ4v) is 6.40. The van der Waals surface area contributed by atoms with E-state index in [0.29, 0.717) is 24.2 Å². The lowest BCUT2D eigenvalue weighted by Gasteiger charge is -2.33. The number of carbonyl (C=O) groups excluding carboxylic acids is 3. The normalized spacial score (nSPS) is 27.8. The highest BCUT2D eigenvalue weighted by Gasteiger charge is 2.74. The highest BCUT2D eigenvalue weighted by Crippen LogP contribution is 2.58. The summed E-state index contributed by atoms with van der Waals surface area (Å²) in [6.07, 6.45) is 0.661. The van der Waals surface area contributed by atoms with Gasteiger partial charge in [-0.3, -0.25) is 14.4 Å². The SMILES string of the molecule is CCN(CC)c1ccc(NC(=O)C2N(CCO)C(=O)[C@@H]3[C@@H](C(=O)Nc4ccccc4)[C@H]4CCC23O4)cc1. The number of likely N-dealkylation sites (tertiary alicyclic amines) is 1. The van der Waals surface area contributed by atoms with Crippen LogP contribution in [0.5, 0.6) is 0 Å². The van der Waals surface area contributed by atoms with Crippen molar-refractivity contribution in [3.8, 4) is 0 Å². The van der Waals surface area contributed by atoms with Gasteiger partial charge in [0.2, 0.25) is 17.7 Å². The number of benzene rings is 2. The average Bonchev–Trinajstić information content (AvgIpc) is 3.54. The molecule has 0 radical (unpaired) electrons. The number of carbonyl (C=O) groups is 3. The number of rotatable bonds is 9. The molecule has 3 amide bonds. The molecule has 5 rings (SSSR count). The molecule has 0 aromatic heterocycles. The summed E-state index contributed by atoms with van der Waals surface area (Å²) in [6.45, 7) is 5.64. The summed E-state index contributed by atoms with van der Waals surface area (Å²) in [5.74, 6) is -2.45. The first-order chi connectivity index (χ1) is 17.9. The average molecular weight is 507 g/mol. The van der Waals surface area contributed by atoms with Crippen molar-refractivity contribution in [1.29, 1.82) is 0 Å². The second-order valence-corrected chi connectivity index (χ2v) is 9.87. The fraction of sp³-hybridized carbons (Fsp3) is 0.464. The number of hydrogen-bond donors (Lipinski definition) is 3. The van der Waals surface area contributed by atoms with Crippen molar-refractivity contribution in [1.82, 2.24) is 4.90 Å². The van der Waals surface area contributed by atoms with E-state index in [1.807, 2.05) is 42.5 Å². The molecule has 3 saturated heterocycles. The Morgan fingerprint density at radius 3 is 2.32 bits per heavy atom. The smallest absolute Gasteiger partial charge is 0.250 e. The summed E-state index contributed by atoms with van der Waals surface area (Å²) in [5, 5.41) is 15.6. The lowest BCUT2D eigenvalue weighted by atomic mass is 9.70. The van der Waals surface area contributed by atoms with Gasteiger partial charge in [0.1, 0.15) is 11.6 Å². The third kappa shape index (κ3) is 4.26. The van der Waals surface area contributed by atoms with Crippen LogP contribution in [0.4, 0.5) is 17.1 Å². The molecule has 2 aromatic rings. The Kier molecular flexibility index (Phi) is 6.92. The summed E-state index contributed by atoms with van der Waals surface area (Å²) in [6, 6.07) is 15.8. The highest BCUT2D eigenvalue weighted by molar-refractivity contribution is 6.05. The molecule has 3 N–H and O–H groups in total. The molecule has 2 bridgehead atoms. The molecule has 2 aromatic carbocycles. The van der Waals surface area contributed by atoms with Crippen molar-refractivity contribution in [3.63, 3.8) is 0 Å². The number of nitrogens with zero attached hydrogens (tertiary/aromatic N) is 2. The minimum atomic E-state index is -1.10. The summed E-state index contributed by atoms with van der Waals surface area (Å²) in [4.78, 5) is 44.3. The maximum absolute atomic E-state index is 13.7. The third-order valence-corrected chi connectivity index (χ3v) is 8.00. The molecule has 196 valence electrons. The molecule has 9 nitrogen and oxygen atoms in total. The quantitative estimate of drug-likeness (QED) is 0.482. The third-order valence-electron chi connectivity index (χ3n) is 8.00. The van der Waals surface area contributed by atoms with E-state index in [0.717, 1.165) is 18.8 Å². The predicted molar refractivity (Wildman–Crippen MR) is 140 cm³/mol. The first-order valence-corrected chi connectivity index (χ1v) is 13.0. The van der Waals surface area contributed by atoms with Gasteiger partial charge < -0.3 is 30.3 Å². The fourth-order valence-electron chi connectivity index (χ4n) is 6.40. The van der Waals surface area contributed by atoms with Crippen molar-refractivity contribution in [3.05, 3.63) is 54.6 Å². The van der Waals surface area contributed by atoms with Crippen molar-refractivity contribution < 1.29 is 24.2 Å². The van der Waals surface area contributed by atoms with Crippen LogP contribution in [-0.4, -0.2) is 71.7 Å². The van der Waals surface area contributed by atoms with Gasteiger partial charge in [0.05, 0.1) is 24.5 Å². The number of anilines is 3. The lowest BCUT2D eigenvalue weighted by molar-refractivity contribution is -0.140. The van der Waals surface area contributed by atoms with Crippen LogP contribution in [0.2, 0.25) is 0 Å². The van der Waals surface area contributed by atoms with E-state index in [4.69, 9.17) is 4.74 Å². The second kappa shape index (κ2) is 10.1. The van der Waals surface area contributed by atoms with E-state index in [-0.39, 0.29) is 30.9 Å². The van der Waals surface area contributed by atoms with E-state index in [9.17, 15) is 19.5 Å². The van der Waals surface area contributed by atoms with Crippen molar-refractivity contribution in [2.24, 2.45) is 11.8 Å². The largest absolute Gasteiger partial charge is 0.395 e. The Bertz CT molecular complexity index is 1150. The molecule has 2 unspecified atom stereocenters. The maximum atomic E-state index is 13.7. The van der Waals surface area contributed by atoms with Crippen LogP contribution in [0.15, 0.2) is 54.6 Å². The number of para-hydroxylation sites is 1. The van der Waals surface area contributed by atoms with Crippen molar-refractivity contribution >= 4 is 34.8 Å². The molecule has 3 aliphatic rings. The zero-order valence-electron chi connectivity index (χ0n) is 21.2. The van der Waals surface area contributed by atoms with Gasteiger partial charge in [-0.05, 0) is 63.1 Å². The molecule has 3 fully saturated rings. The summed E-state index contributed by atoms with van der Waals surface area (Å²) >= 11 is 0. The summed E-state index contributed by atoms with van der Waals surface area (Å²) < 4.78 is 6.38. The van der Waals surface area contributed by atoms with Gasteiger partial charge in [0.25, 0.3) is 0 Å². The number of hydrogen-bond acceptors (Lipinski definition) is 6. The molecule has 0 aliphatic carbocycles. The molecule has 37 heavy (non-hydrogen) atoms. The van der Waals surface area contributed by atoms with Gasteiger partial charge in [-0.2, -0.15) is 0 Å². The minimum absolute atomic E-state index is 0.00286. The van der Waals surface area contributed by atoms with Crippen LogP contribution in [0.25, 0.3) is 0 Å². The standard InChI is InChI=1S/C28H34N4O5/c1-3-31(4-2)20-12-10-19(11-13-20)30-26(35)24-28-15-14-21(37-28)22(23(28)27(36)32(24)16-17-33)25(34)29-18-8-6-5-7-9-18/h5-13,21-24,33H,3-4,14-17H2,1-2H3,(H,29,34)(H,30,35)/t21-,22+,23+,24?,28?/m1/s1. The Morgan fingerprint density at radius 2 is 1.68 bits per heavy atom. The van der Waals surface area contributed by atoms with Gasteiger partial charge in [-0.25, -0.2) is 0 Å². The zero-order valence-corrected chi connectivity index (χ0v) is 21.2. The van der Waals surface area contributed by atoms with Crippen LogP contribution in [0.3, 0.4) is 0 Å². The number of β-amino-alcohol motifs (C(OH)–C–C–N with tert-alkyl or cyclic N) is 1. The topological polar surface area (TPSA) is 111 Å². The molecule has 1 spiro atoms. The Labute approximate surface area is 216 Å². The first-order valence-electron chi connectivity index (χ1n) is 13.0. The van der Waals surface area contributed by atoms with Gasteiger partial charge >= 0.3 is 0 Å².